The van der Waals surface area contributed by atoms with Crippen LogP contribution in [0, 0.1) is 0 Å². The monoisotopic (exact) mass is 240 g/mol. The van der Waals surface area contributed by atoms with Crippen molar-refractivity contribution in [3.63, 3.8) is 0 Å². The van der Waals surface area contributed by atoms with Gasteiger partial charge in [0.25, 0.3) is 0 Å². The highest BCUT2D eigenvalue weighted by molar-refractivity contribution is 7.15. The van der Waals surface area contributed by atoms with Crippen molar-refractivity contribution in [3.05, 3.63) is 45.9 Å². The number of aliphatic hydroxyl groups excluding tert-OH is 1. The molecule has 3 nitrogen and oxygen atoms in total. The molecule has 15 heavy (non-hydrogen) atoms. The molecule has 0 aliphatic heterocycles. The molecule has 1 heterocycles. The molecular weight excluding hydrogens is 232 g/mol. The van der Waals surface area contributed by atoms with Gasteiger partial charge in [0.1, 0.15) is 6.10 Å². The number of benzene rings is 1. The van der Waals surface area contributed by atoms with Gasteiger partial charge in [-0.15, -0.1) is 0 Å². The van der Waals surface area contributed by atoms with Gasteiger partial charge in [-0.1, -0.05) is 35.1 Å². The number of nitrogens with two attached hydrogens (primary N) is 1. The van der Waals surface area contributed by atoms with Crippen molar-refractivity contribution >= 4 is 28.1 Å². The van der Waals surface area contributed by atoms with Crippen LogP contribution in [0.1, 0.15) is 16.5 Å². The van der Waals surface area contributed by atoms with E-state index in [-0.39, 0.29) is 0 Å². The lowest BCUT2D eigenvalue weighted by atomic mass is 10.1. The first kappa shape index (κ1) is 10.4. The number of hydrogen-bond donors (Lipinski definition) is 2. The third-order valence-corrected chi connectivity index (χ3v) is 3.13. The number of anilines is 1. The van der Waals surface area contributed by atoms with Gasteiger partial charge < -0.3 is 10.8 Å². The van der Waals surface area contributed by atoms with Crippen molar-refractivity contribution in [1.82, 2.24) is 4.98 Å². The highest BCUT2D eigenvalue weighted by Gasteiger charge is 2.12. The molecule has 78 valence electrons. The molecule has 1 aromatic heterocycles. The molecule has 0 fully saturated rings. The summed E-state index contributed by atoms with van der Waals surface area (Å²) in [6.07, 6.45) is 0.899. The van der Waals surface area contributed by atoms with Crippen LogP contribution in [0.4, 0.5) is 5.13 Å². The molecule has 0 saturated heterocycles. The summed E-state index contributed by atoms with van der Waals surface area (Å²) in [4.78, 5) is 4.62. The fourth-order valence-corrected chi connectivity index (χ4v) is 2.06. The van der Waals surface area contributed by atoms with Gasteiger partial charge in [0.05, 0.1) is 4.88 Å². The second-order valence-corrected chi connectivity index (χ2v) is 4.59. The van der Waals surface area contributed by atoms with Gasteiger partial charge in [-0.05, 0) is 17.7 Å². The number of aliphatic hydroxyl groups is 1. The topological polar surface area (TPSA) is 59.1 Å². The molecule has 3 N–H and O–H groups in total. The van der Waals surface area contributed by atoms with Crippen LogP contribution in [0.5, 0.6) is 0 Å². The highest BCUT2D eigenvalue weighted by atomic mass is 35.5. The lowest BCUT2D eigenvalue weighted by Crippen LogP contribution is -1.96. The van der Waals surface area contributed by atoms with Gasteiger partial charge in [-0.25, -0.2) is 4.98 Å². The average molecular weight is 241 g/mol. The molecular formula is C10H9ClN2OS. The Balaban J connectivity index is 2.28. The van der Waals surface area contributed by atoms with Crippen LogP contribution in [0.25, 0.3) is 0 Å². The molecule has 0 unspecified atom stereocenters. The standard InChI is InChI=1S/C10H9ClN2OS/c11-7-3-1-6(2-4-7)9(14)8-5-13-10(12)15-8/h1-5,9,14H,(H2,12,13)/t9-/m1/s1. The minimum absolute atomic E-state index is 0.456. The predicted octanol–water partition coefficient (Wildman–Crippen LogP) is 2.46. The maximum atomic E-state index is 9.97. The van der Waals surface area contributed by atoms with Gasteiger partial charge in [0.2, 0.25) is 0 Å². The van der Waals surface area contributed by atoms with Crippen molar-refractivity contribution in [1.29, 1.82) is 0 Å². The lowest BCUT2D eigenvalue weighted by molar-refractivity contribution is 0.224. The van der Waals surface area contributed by atoms with E-state index in [4.69, 9.17) is 17.3 Å². The highest BCUT2D eigenvalue weighted by Crippen LogP contribution is 2.28. The number of nitrogen functional groups attached to an aromatic ring is 1. The summed E-state index contributed by atoms with van der Waals surface area (Å²) in [5.41, 5.74) is 6.27. The molecule has 0 aliphatic carbocycles. The Morgan fingerprint density at radius 2 is 2.00 bits per heavy atom. The Kier molecular flexibility index (Phi) is 2.90. The van der Waals surface area contributed by atoms with Crippen LogP contribution in [-0.4, -0.2) is 10.1 Å². The maximum absolute atomic E-state index is 9.97. The molecule has 0 bridgehead atoms. The fraction of sp³-hybridized carbons (Fsp3) is 0.100. The number of halogens is 1. The molecule has 0 spiro atoms. The molecule has 0 amide bonds. The van der Waals surface area contributed by atoms with E-state index >= 15 is 0 Å². The van der Waals surface area contributed by atoms with Crippen LogP contribution >= 0.6 is 22.9 Å². The zero-order valence-electron chi connectivity index (χ0n) is 7.72. The van der Waals surface area contributed by atoms with Gasteiger partial charge >= 0.3 is 0 Å². The number of rotatable bonds is 2. The van der Waals surface area contributed by atoms with E-state index in [1.807, 2.05) is 0 Å². The smallest absolute Gasteiger partial charge is 0.180 e. The Hall–Kier alpha value is -1.10. The first-order chi connectivity index (χ1) is 7.16. The maximum Gasteiger partial charge on any atom is 0.180 e. The molecule has 0 aliphatic rings. The third-order valence-electron chi connectivity index (χ3n) is 2.00. The van der Waals surface area contributed by atoms with Crippen LogP contribution in [0.3, 0.4) is 0 Å². The largest absolute Gasteiger partial charge is 0.383 e. The Labute approximate surface area is 96.2 Å². The molecule has 1 atom stereocenters. The fourth-order valence-electron chi connectivity index (χ4n) is 1.24. The Bertz CT molecular complexity index is 455. The molecule has 0 saturated carbocycles. The second kappa shape index (κ2) is 4.18. The molecule has 5 heteroatoms. The minimum Gasteiger partial charge on any atom is -0.383 e. The van der Waals surface area contributed by atoms with Crippen molar-refractivity contribution in [2.75, 3.05) is 5.73 Å². The van der Waals surface area contributed by atoms with Crippen molar-refractivity contribution < 1.29 is 5.11 Å². The number of thiazole rings is 1. The van der Waals surface area contributed by atoms with E-state index in [1.54, 1.807) is 30.5 Å². The summed E-state index contributed by atoms with van der Waals surface area (Å²) < 4.78 is 0. The summed E-state index contributed by atoms with van der Waals surface area (Å²) in [6.45, 7) is 0. The van der Waals surface area contributed by atoms with Crippen LogP contribution in [0.2, 0.25) is 5.02 Å². The average Bonchev–Trinajstić information content (AvgIpc) is 2.65. The molecule has 0 radical (unpaired) electrons. The summed E-state index contributed by atoms with van der Waals surface area (Å²) in [5.74, 6) is 0. The normalized spacial score (nSPS) is 12.7. The summed E-state index contributed by atoms with van der Waals surface area (Å²) in [7, 11) is 0. The molecule has 1 aromatic carbocycles. The summed E-state index contributed by atoms with van der Waals surface area (Å²) >= 11 is 7.03. The van der Waals surface area contributed by atoms with Gasteiger partial charge in [-0.3, -0.25) is 0 Å². The van der Waals surface area contributed by atoms with Crippen LogP contribution < -0.4 is 5.73 Å². The first-order valence-electron chi connectivity index (χ1n) is 4.31. The minimum atomic E-state index is -0.683. The molecule has 2 aromatic rings. The number of hydrogen-bond acceptors (Lipinski definition) is 4. The number of nitrogens with zero attached hydrogens (tertiary/aromatic N) is 1. The Morgan fingerprint density at radius 1 is 1.33 bits per heavy atom. The SMILES string of the molecule is Nc1ncc([C@H](O)c2ccc(Cl)cc2)s1. The van der Waals surface area contributed by atoms with Crippen molar-refractivity contribution in [3.8, 4) is 0 Å². The van der Waals surface area contributed by atoms with E-state index < -0.39 is 6.10 Å². The van der Waals surface area contributed by atoms with E-state index in [9.17, 15) is 5.11 Å². The number of aromatic nitrogens is 1. The van der Waals surface area contributed by atoms with Crippen LogP contribution in [0.15, 0.2) is 30.5 Å². The van der Waals surface area contributed by atoms with Gasteiger partial charge in [0.15, 0.2) is 5.13 Å². The van der Waals surface area contributed by atoms with E-state index in [2.05, 4.69) is 4.98 Å². The van der Waals surface area contributed by atoms with Gasteiger partial charge in [0, 0.05) is 11.2 Å². The third kappa shape index (κ3) is 2.28. The van der Waals surface area contributed by atoms with Crippen molar-refractivity contribution in [2.45, 2.75) is 6.10 Å². The van der Waals surface area contributed by atoms with Crippen LogP contribution in [-0.2, 0) is 0 Å². The predicted molar refractivity (Wildman–Crippen MR) is 62.0 cm³/mol. The second-order valence-electron chi connectivity index (χ2n) is 3.05. The molecule has 2 rings (SSSR count). The zero-order chi connectivity index (χ0) is 10.8. The van der Waals surface area contributed by atoms with E-state index in [0.29, 0.717) is 10.2 Å². The zero-order valence-corrected chi connectivity index (χ0v) is 9.29. The van der Waals surface area contributed by atoms with Gasteiger partial charge in [-0.2, -0.15) is 0 Å². The van der Waals surface area contributed by atoms with E-state index in [1.165, 1.54) is 11.3 Å². The van der Waals surface area contributed by atoms with Crippen molar-refractivity contribution in [2.24, 2.45) is 0 Å². The Morgan fingerprint density at radius 3 is 2.53 bits per heavy atom. The van der Waals surface area contributed by atoms with E-state index in [0.717, 1.165) is 10.4 Å². The quantitative estimate of drug-likeness (QED) is 0.848. The lowest BCUT2D eigenvalue weighted by Gasteiger charge is -2.07. The summed E-state index contributed by atoms with van der Waals surface area (Å²) in [6, 6.07) is 7.04. The first-order valence-corrected chi connectivity index (χ1v) is 5.51. The summed E-state index contributed by atoms with van der Waals surface area (Å²) in [5, 5.41) is 11.1.